The van der Waals surface area contributed by atoms with E-state index in [0.717, 1.165) is 4.47 Å². The van der Waals surface area contributed by atoms with Gasteiger partial charge in [-0.3, -0.25) is 4.79 Å². The van der Waals surface area contributed by atoms with Gasteiger partial charge in [0.1, 0.15) is 23.5 Å². The summed E-state index contributed by atoms with van der Waals surface area (Å²) in [6.45, 7) is 0.870. The largest absolute Gasteiger partial charge is 0.368 e. The number of halogens is 2. The molecule has 2 N–H and O–H groups in total. The van der Waals surface area contributed by atoms with Gasteiger partial charge in [0.15, 0.2) is 0 Å². The number of nitrogens with one attached hydrogen (secondary N) is 2. The highest BCUT2D eigenvalue weighted by Gasteiger charge is 2.08. The summed E-state index contributed by atoms with van der Waals surface area (Å²) in [6.07, 6.45) is 1.31. The van der Waals surface area contributed by atoms with Gasteiger partial charge in [0.25, 0.3) is 5.91 Å². The maximum atomic E-state index is 13.7. The number of nitrogens with zero attached hydrogens (tertiary/aromatic N) is 2. The molecule has 0 aliphatic heterocycles. The molecule has 0 spiro atoms. The minimum atomic E-state index is -0.388. The number of para-hydroxylation sites is 1. The van der Waals surface area contributed by atoms with Crippen molar-refractivity contribution in [3.63, 3.8) is 0 Å². The van der Waals surface area contributed by atoms with E-state index in [1.165, 1.54) is 12.4 Å². The molecule has 2 aromatic carbocycles. The van der Waals surface area contributed by atoms with Gasteiger partial charge in [-0.1, -0.05) is 28.1 Å². The monoisotopic (exact) mass is 388 g/mol. The number of hydrogen-bond donors (Lipinski definition) is 2. The zero-order valence-corrected chi connectivity index (χ0v) is 14.2. The Morgan fingerprint density at radius 2 is 1.96 bits per heavy atom. The lowest BCUT2D eigenvalue weighted by Crippen LogP contribution is -2.28. The number of hydrogen-bond acceptors (Lipinski definition) is 4. The molecule has 3 aromatic rings. The number of anilines is 1. The Kier molecular flexibility index (Phi) is 5.00. The van der Waals surface area contributed by atoms with Crippen LogP contribution in [0.5, 0.6) is 0 Å². The fourth-order valence-corrected chi connectivity index (χ4v) is 2.68. The molecule has 0 radical (unpaired) electrons. The quantitative estimate of drug-likeness (QED) is 0.657. The summed E-state index contributed by atoms with van der Waals surface area (Å²) in [4.78, 5) is 20.1. The summed E-state index contributed by atoms with van der Waals surface area (Å²) in [5.74, 6) is -0.00574. The van der Waals surface area contributed by atoms with Crippen LogP contribution < -0.4 is 10.6 Å². The first-order valence-electron chi connectivity index (χ1n) is 7.32. The fourth-order valence-electron chi connectivity index (χ4n) is 2.28. The molecule has 7 heteroatoms. The topological polar surface area (TPSA) is 66.9 Å². The molecule has 1 amide bonds. The SMILES string of the molecule is O=C(NCCNc1ncnc2c(F)cccc12)c1cccc(Br)c1. The Balaban J connectivity index is 1.59. The molecule has 0 unspecified atom stereocenters. The Hall–Kier alpha value is -2.54. The van der Waals surface area contributed by atoms with Crippen molar-refractivity contribution >= 4 is 38.6 Å². The normalized spacial score (nSPS) is 10.6. The first-order valence-corrected chi connectivity index (χ1v) is 8.11. The van der Waals surface area contributed by atoms with Gasteiger partial charge in [-0.15, -0.1) is 0 Å². The highest BCUT2D eigenvalue weighted by atomic mass is 79.9. The van der Waals surface area contributed by atoms with Gasteiger partial charge in [-0.25, -0.2) is 14.4 Å². The van der Waals surface area contributed by atoms with E-state index < -0.39 is 0 Å². The second kappa shape index (κ2) is 7.35. The minimum Gasteiger partial charge on any atom is -0.368 e. The Labute approximate surface area is 146 Å². The molecule has 0 aliphatic carbocycles. The number of aromatic nitrogens is 2. The van der Waals surface area contributed by atoms with Crippen molar-refractivity contribution in [3.05, 3.63) is 64.6 Å². The van der Waals surface area contributed by atoms with E-state index in [-0.39, 0.29) is 17.2 Å². The van der Waals surface area contributed by atoms with Crippen LogP contribution in [-0.4, -0.2) is 29.0 Å². The van der Waals surface area contributed by atoms with Crippen LogP contribution in [0.25, 0.3) is 10.9 Å². The Morgan fingerprint density at radius 3 is 2.79 bits per heavy atom. The third-order valence-electron chi connectivity index (χ3n) is 3.41. The molecule has 0 bridgehead atoms. The van der Waals surface area contributed by atoms with Crippen molar-refractivity contribution < 1.29 is 9.18 Å². The van der Waals surface area contributed by atoms with E-state index in [1.807, 2.05) is 6.07 Å². The van der Waals surface area contributed by atoms with Crippen LogP contribution in [-0.2, 0) is 0 Å². The van der Waals surface area contributed by atoms with E-state index in [9.17, 15) is 9.18 Å². The molecule has 1 heterocycles. The summed E-state index contributed by atoms with van der Waals surface area (Å²) in [7, 11) is 0. The highest BCUT2D eigenvalue weighted by molar-refractivity contribution is 9.10. The second-order valence-corrected chi connectivity index (χ2v) is 5.97. The maximum absolute atomic E-state index is 13.7. The van der Waals surface area contributed by atoms with Crippen molar-refractivity contribution in [2.75, 3.05) is 18.4 Å². The highest BCUT2D eigenvalue weighted by Crippen LogP contribution is 2.20. The minimum absolute atomic E-state index is 0.156. The van der Waals surface area contributed by atoms with E-state index in [4.69, 9.17) is 0 Å². The van der Waals surface area contributed by atoms with Gasteiger partial charge in [0.2, 0.25) is 0 Å². The summed E-state index contributed by atoms with van der Waals surface area (Å²) in [6, 6.07) is 11.9. The lowest BCUT2D eigenvalue weighted by Gasteiger charge is -2.09. The molecular formula is C17H14BrFN4O. The molecule has 0 saturated carbocycles. The molecule has 1 aromatic heterocycles. The van der Waals surface area contributed by atoms with Gasteiger partial charge in [0.05, 0.1) is 0 Å². The van der Waals surface area contributed by atoms with Crippen LogP contribution in [0.3, 0.4) is 0 Å². The molecule has 24 heavy (non-hydrogen) atoms. The predicted molar refractivity (Wildman–Crippen MR) is 94.5 cm³/mol. The van der Waals surface area contributed by atoms with Crippen LogP contribution in [0.4, 0.5) is 10.2 Å². The van der Waals surface area contributed by atoms with E-state index in [1.54, 1.807) is 30.3 Å². The number of carbonyl (C=O) groups is 1. The van der Waals surface area contributed by atoms with Crippen LogP contribution in [0.2, 0.25) is 0 Å². The van der Waals surface area contributed by atoms with E-state index in [0.29, 0.717) is 29.9 Å². The molecular weight excluding hydrogens is 375 g/mol. The molecule has 0 saturated heterocycles. The van der Waals surface area contributed by atoms with Crippen molar-refractivity contribution in [1.29, 1.82) is 0 Å². The van der Waals surface area contributed by atoms with Crippen molar-refractivity contribution in [2.24, 2.45) is 0 Å². The first kappa shape index (κ1) is 16.3. The van der Waals surface area contributed by atoms with Crippen LogP contribution in [0.15, 0.2) is 53.3 Å². The maximum Gasteiger partial charge on any atom is 0.251 e. The van der Waals surface area contributed by atoms with Gasteiger partial charge >= 0.3 is 0 Å². The van der Waals surface area contributed by atoms with Gasteiger partial charge in [-0.2, -0.15) is 0 Å². The second-order valence-electron chi connectivity index (χ2n) is 5.05. The molecule has 5 nitrogen and oxygen atoms in total. The first-order chi connectivity index (χ1) is 11.6. The van der Waals surface area contributed by atoms with Crippen molar-refractivity contribution in [2.45, 2.75) is 0 Å². The Morgan fingerprint density at radius 1 is 1.12 bits per heavy atom. The summed E-state index contributed by atoms with van der Waals surface area (Å²) in [5, 5.41) is 6.51. The number of fused-ring (bicyclic) bond motifs is 1. The van der Waals surface area contributed by atoms with E-state index in [2.05, 4.69) is 36.5 Å². The van der Waals surface area contributed by atoms with Crippen molar-refractivity contribution in [1.82, 2.24) is 15.3 Å². The van der Waals surface area contributed by atoms with Crippen molar-refractivity contribution in [3.8, 4) is 0 Å². The number of amides is 1. The summed E-state index contributed by atoms with van der Waals surface area (Å²) >= 11 is 3.33. The number of benzene rings is 2. The summed E-state index contributed by atoms with van der Waals surface area (Å²) in [5.41, 5.74) is 0.854. The zero-order valence-electron chi connectivity index (χ0n) is 12.6. The number of carbonyl (C=O) groups excluding carboxylic acids is 1. The lowest BCUT2D eigenvalue weighted by molar-refractivity contribution is 0.0955. The molecule has 0 aliphatic rings. The van der Waals surface area contributed by atoms with Gasteiger partial charge < -0.3 is 10.6 Å². The molecule has 122 valence electrons. The Bertz CT molecular complexity index is 887. The van der Waals surface area contributed by atoms with E-state index >= 15 is 0 Å². The average Bonchev–Trinajstić information content (AvgIpc) is 2.59. The smallest absolute Gasteiger partial charge is 0.251 e. The molecule has 0 fully saturated rings. The van der Waals surface area contributed by atoms with Gasteiger partial charge in [-0.05, 0) is 30.3 Å². The third kappa shape index (κ3) is 3.68. The zero-order chi connectivity index (χ0) is 16.9. The lowest BCUT2D eigenvalue weighted by atomic mass is 10.2. The molecule has 3 rings (SSSR count). The number of rotatable bonds is 5. The fraction of sp³-hybridized carbons (Fsp3) is 0.118. The van der Waals surface area contributed by atoms with Crippen LogP contribution in [0, 0.1) is 5.82 Å². The van der Waals surface area contributed by atoms with Crippen LogP contribution in [0.1, 0.15) is 10.4 Å². The summed E-state index contributed by atoms with van der Waals surface area (Å²) < 4.78 is 14.6. The van der Waals surface area contributed by atoms with Gasteiger partial charge in [0, 0.05) is 28.5 Å². The van der Waals surface area contributed by atoms with Crippen LogP contribution >= 0.6 is 15.9 Å². The standard InChI is InChI=1S/C17H14BrFN4O/c18-12-4-1-3-11(9-12)17(24)21-8-7-20-16-13-5-2-6-14(19)15(13)22-10-23-16/h1-6,9-10H,7-8H2,(H,21,24)(H,20,22,23). The third-order valence-corrected chi connectivity index (χ3v) is 3.90. The average molecular weight is 389 g/mol. The molecule has 0 atom stereocenters. The predicted octanol–water partition coefficient (Wildman–Crippen LogP) is 3.37.